The fraction of sp³-hybridized carbons (Fsp3) is 0.667. The highest BCUT2D eigenvalue weighted by Gasteiger charge is 2.27. The van der Waals surface area contributed by atoms with Crippen molar-refractivity contribution in [3.63, 3.8) is 0 Å². The van der Waals surface area contributed by atoms with Gasteiger partial charge in [-0.3, -0.25) is 0 Å². The Balaban J connectivity index is 2.72. The second kappa shape index (κ2) is 8.50. The number of hydrogen-bond acceptors (Lipinski definition) is 5. The van der Waals surface area contributed by atoms with Crippen LogP contribution in [0.3, 0.4) is 0 Å². The fourth-order valence-corrected chi connectivity index (χ4v) is 1.96. The predicted molar refractivity (Wildman–Crippen MR) is 75.2 cm³/mol. The first-order valence-electron chi connectivity index (χ1n) is 6.30. The predicted octanol–water partition coefficient (Wildman–Crippen LogP) is 2.94. The first kappa shape index (κ1) is 18.1. The summed E-state index contributed by atoms with van der Waals surface area (Å²) >= 11 is 3.38. The van der Waals surface area contributed by atoms with Crippen molar-refractivity contribution in [3.05, 3.63) is 16.0 Å². The second-order valence-electron chi connectivity index (χ2n) is 4.13. The van der Waals surface area contributed by atoms with Gasteiger partial charge in [0.15, 0.2) is 0 Å². The van der Waals surface area contributed by atoms with Gasteiger partial charge in [-0.15, -0.1) is 0 Å². The van der Waals surface area contributed by atoms with Crippen molar-refractivity contribution in [3.8, 4) is 0 Å². The maximum absolute atomic E-state index is 12.0. The number of methoxy groups -OCH3 is 1. The zero-order valence-electron chi connectivity index (χ0n) is 11.8. The number of halogens is 4. The molecule has 0 aliphatic carbocycles. The van der Waals surface area contributed by atoms with Gasteiger partial charge in [-0.1, -0.05) is 0 Å². The van der Waals surface area contributed by atoms with Gasteiger partial charge in [-0.05, 0) is 22.9 Å². The molecule has 1 heterocycles. The molecule has 0 aromatic carbocycles. The van der Waals surface area contributed by atoms with E-state index in [9.17, 15) is 13.2 Å². The monoisotopic (exact) mass is 371 g/mol. The third-order valence-corrected chi connectivity index (χ3v) is 3.16. The molecule has 0 bridgehead atoms. The Labute approximate surface area is 129 Å². The smallest absolute Gasteiger partial charge is 0.378 e. The van der Waals surface area contributed by atoms with Crippen LogP contribution in [0.25, 0.3) is 0 Å². The molecule has 1 aromatic rings. The summed E-state index contributed by atoms with van der Waals surface area (Å²) in [6.45, 7) is 1.48. The highest BCUT2D eigenvalue weighted by molar-refractivity contribution is 9.10. The fourth-order valence-electron chi connectivity index (χ4n) is 1.52. The van der Waals surface area contributed by atoms with Crippen molar-refractivity contribution in [1.82, 2.24) is 9.97 Å². The summed E-state index contributed by atoms with van der Waals surface area (Å²) in [5.41, 5.74) is 0.634. The summed E-state index contributed by atoms with van der Waals surface area (Å²) in [6, 6.07) is 0. The molecule has 5 nitrogen and oxygen atoms in total. The number of nitrogens with zero attached hydrogens (tertiary/aromatic N) is 2. The van der Waals surface area contributed by atoms with E-state index in [1.54, 1.807) is 0 Å². The van der Waals surface area contributed by atoms with Crippen LogP contribution in [0.5, 0.6) is 0 Å². The van der Waals surface area contributed by atoms with E-state index in [2.05, 4.69) is 36.0 Å². The van der Waals surface area contributed by atoms with Crippen LogP contribution in [-0.4, -0.2) is 43.0 Å². The molecule has 0 atom stereocenters. The van der Waals surface area contributed by atoms with Crippen molar-refractivity contribution in [2.75, 3.05) is 32.2 Å². The maximum atomic E-state index is 12.0. The van der Waals surface area contributed by atoms with E-state index in [0.717, 1.165) is 0 Å². The summed E-state index contributed by atoms with van der Waals surface area (Å²) in [4.78, 5) is 8.51. The number of anilines is 1. The first-order chi connectivity index (χ1) is 9.87. The van der Waals surface area contributed by atoms with E-state index in [1.165, 1.54) is 7.11 Å². The standard InChI is InChI=1S/C12H17BrF3N3O2/c1-3-17-11-10(13)8(6-20-2)18-9(19-11)4-5-21-7-12(14,15)16/h3-7H2,1-2H3,(H,17,18,19). The molecule has 21 heavy (non-hydrogen) atoms. The Morgan fingerprint density at radius 2 is 2.00 bits per heavy atom. The lowest BCUT2D eigenvalue weighted by Crippen LogP contribution is -2.18. The second-order valence-corrected chi connectivity index (χ2v) is 4.92. The molecule has 0 unspecified atom stereocenters. The van der Waals surface area contributed by atoms with Crippen LogP contribution in [0.4, 0.5) is 19.0 Å². The average molecular weight is 372 g/mol. The minimum atomic E-state index is -4.32. The van der Waals surface area contributed by atoms with E-state index in [4.69, 9.17) is 4.74 Å². The maximum Gasteiger partial charge on any atom is 0.411 e. The van der Waals surface area contributed by atoms with Crippen LogP contribution in [0.1, 0.15) is 18.4 Å². The summed E-state index contributed by atoms with van der Waals surface area (Å²) in [5.74, 6) is 0.994. The molecule has 0 saturated carbocycles. The Bertz CT molecular complexity index is 431. The molecule has 1 N–H and O–H groups in total. The van der Waals surface area contributed by atoms with Crippen LogP contribution in [-0.2, 0) is 22.5 Å². The lowest BCUT2D eigenvalue weighted by atomic mass is 10.3. The van der Waals surface area contributed by atoms with Crippen molar-refractivity contribution in [1.29, 1.82) is 0 Å². The molecule has 120 valence electrons. The minimum absolute atomic E-state index is 0.0981. The average Bonchev–Trinajstić information content (AvgIpc) is 2.39. The van der Waals surface area contributed by atoms with Crippen LogP contribution in [0.2, 0.25) is 0 Å². The lowest BCUT2D eigenvalue weighted by molar-refractivity contribution is -0.173. The molecule has 0 radical (unpaired) electrons. The van der Waals surface area contributed by atoms with E-state index < -0.39 is 12.8 Å². The topological polar surface area (TPSA) is 56.3 Å². The van der Waals surface area contributed by atoms with Gasteiger partial charge in [0.2, 0.25) is 0 Å². The van der Waals surface area contributed by atoms with Crippen LogP contribution in [0, 0.1) is 0 Å². The number of alkyl halides is 3. The van der Waals surface area contributed by atoms with E-state index >= 15 is 0 Å². The highest BCUT2D eigenvalue weighted by Crippen LogP contribution is 2.24. The van der Waals surface area contributed by atoms with Gasteiger partial charge in [0, 0.05) is 20.1 Å². The number of aromatic nitrogens is 2. The van der Waals surface area contributed by atoms with Gasteiger partial charge >= 0.3 is 6.18 Å². The number of nitrogens with one attached hydrogen (secondary N) is 1. The first-order valence-corrected chi connectivity index (χ1v) is 7.09. The third kappa shape index (κ3) is 6.58. The van der Waals surface area contributed by atoms with Crippen molar-refractivity contribution in [2.45, 2.75) is 26.1 Å². The Kier molecular flexibility index (Phi) is 7.33. The third-order valence-electron chi connectivity index (χ3n) is 2.33. The molecule has 0 amide bonds. The zero-order chi connectivity index (χ0) is 15.9. The normalized spacial score (nSPS) is 11.7. The van der Waals surface area contributed by atoms with Crippen molar-refractivity contribution < 1.29 is 22.6 Å². The molecular formula is C12H17BrF3N3O2. The zero-order valence-corrected chi connectivity index (χ0v) is 13.3. The van der Waals surface area contributed by atoms with E-state index in [0.29, 0.717) is 28.4 Å². The van der Waals surface area contributed by atoms with Crippen LogP contribution >= 0.6 is 15.9 Å². The minimum Gasteiger partial charge on any atom is -0.378 e. The lowest BCUT2D eigenvalue weighted by Gasteiger charge is -2.12. The largest absolute Gasteiger partial charge is 0.411 e. The summed E-state index contributed by atoms with van der Waals surface area (Å²) in [7, 11) is 1.54. The Hall–Kier alpha value is -0.930. The van der Waals surface area contributed by atoms with E-state index in [1.807, 2.05) is 6.92 Å². The van der Waals surface area contributed by atoms with Crippen molar-refractivity contribution in [2.24, 2.45) is 0 Å². The van der Waals surface area contributed by atoms with Gasteiger partial charge in [-0.25, -0.2) is 9.97 Å². The van der Waals surface area contributed by atoms with Crippen molar-refractivity contribution >= 4 is 21.7 Å². The number of hydrogen-bond donors (Lipinski definition) is 1. The molecular weight excluding hydrogens is 355 g/mol. The van der Waals surface area contributed by atoms with Crippen LogP contribution in [0.15, 0.2) is 4.47 Å². The van der Waals surface area contributed by atoms with Gasteiger partial charge in [-0.2, -0.15) is 13.2 Å². The molecule has 0 aliphatic rings. The van der Waals surface area contributed by atoms with Gasteiger partial charge in [0.25, 0.3) is 0 Å². The SMILES string of the molecule is CCNc1nc(CCOCC(F)(F)F)nc(COC)c1Br. The van der Waals surface area contributed by atoms with Gasteiger partial charge in [0.1, 0.15) is 18.2 Å². The number of rotatable bonds is 8. The Morgan fingerprint density at radius 1 is 1.29 bits per heavy atom. The van der Waals surface area contributed by atoms with Gasteiger partial charge < -0.3 is 14.8 Å². The molecule has 0 spiro atoms. The molecule has 9 heteroatoms. The van der Waals surface area contributed by atoms with Crippen LogP contribution < -0.4 is 5.32 Å². The summed E-state index contributed by atoms with van der Waals surface area (Å²) in [5, 5.41) is 3.06. The Morgan fingerprint density at radius 3 is 2.57 bits per heavy atom. The molecule has 1 aromatic heterocycles. The van der Waals surface area contributed by atoms with Gasteiger partial charge in [0.05, 0.1) is 23.4 Å². The highest BCUT2D eigenvalue weighted by atomic mass is 79.9. The summed E-state index contributed by atoms with van der Waals surface area (Å²) in [6.07, 6.45) is -4.13. The molecule has 0 fully saturated rings. The van der Waals surface area contributed by atoms with E-state index in [-0.39, 0.29) is 19.6 Å². The summed E-state index contributed by atoms with van der Waals surface area (Å²) < 4.78 is 46.2. The number of ether oxygens (including phenoxy) is 2. The quantitative estimate of drug-likeness (QED) is 0.712. The molecule has 0 saturated heterocycles. The molecule has 1 rings (SSSR count). The molecule has 0 aliphatic heterocycles.